The highest BCUT2D eigenvalue weighted by atomic mass is 79.9. The van der Waals surface area contributed by atoms with Crippen LogP contribution in [0.4, 0.5) is 5.69 Å². The number of rotatable bonds is 6. The number of fused-ring (bicyclic) bond motifs is 1. The second-order valence-electron chi connectivity index (χ2n) is 5.65. The number of aromatic nitrogens is 4. The predicted molar refractivity (Wildman–Crippen MR) is 104 cm³/mol. The first kappa shape index (κ1) is 18.5. The van der Waals surface area contributed by atoms with Crippen LogP contribution < -0.4 is 21.3 Å². The van der Waals surface area contributed by atoms with Crippen LogP contribution in [0.5, 0.6) is 5.75 Å². The number of halogens is 2. The third-order valence-electron chi connectivity index (χ3n) is 4.00. The smallest absolute Gasteiger partial charge is 0.329 e. The highest BCUT2D eigenvalue weighted by Gasteiger charge is 2.15. The lowest BCUT2D eigenvalue weighted by molar-refractivity contribution is 0.416. The lowest BCUT2D eigenvalue weighted by Crippen LogP contribution is -2.29. The van der Waals surface area contributed by atoms with Crippen molar-refractivity contribution in [1.82, 2.24) is 19.1 Å². The minimum atomic E-state index is -0.491. The molecule has 3 rings (SSSR count). The Kier molecular flexibility index (Phi) is 5.38. The molecule has 0 aliphatic carbocycles. The maximum atomic E-state index is 12.2. The molecule has 0 unspecified atom stereocenters. The van der Waals surface area contributed by atoms with Gasteiger partial charge in [0.25, 0.3) is 5.56 Å². The molecule has 138 valence electrons. The fraction of sp³-hybridized carbons (Fsp3) is 0.312. The summed E-state index contributed by atoms with van der Waals surface area (Å²) < 4.78 is 8.85. The van der Waals surface area contributed by atoms with E-state index in [2.05, 4.69) is 31.2 Å². The molecule has 10 heteroatoms. The van der Waals surface area contributed by atoms with Gasteiger partial charge in [-0.1, -0.05) is 11.6 Å². The van der Waals surface area contributed by atoms with E-state index in [4.69, 9.17) is 16.3 Å². The zero-order valence-electron chi connectivity index (χ0n) is 14.2. The minimum absolute atomic E-state index is 0.343. The average molecular weight is 443 g/mol. The Morgan fingerprint density at radius 2 is 2.15 bits per heavy atom. The summed E-state index contributed by atoms with van der Waals surface area (Å²) in [6.07, 6.45) is 0.710. The first-order chi connectivity index (χ1) is 12.4. The summed E-state index contributed by atoms with van der Waals surface area (Å²) in [6, 6.07) is 5.35. The van der Waals surface area contributed by atoms with E-state index in [-0.39, 0.29) is 0 Å². The van der Waals surface area contributed by atoms with Crippen molar-refractivity contribution >= 4 is 44.4 Å². The molecule has 1 aromatic carbocycles. The number of anilines is 1. The lowest BCUT2D eigenvalue weighted by Gasteiger charge is -2.12. The van der Waals surface area contributed by atoms with Gasteiger partial charge < -0.3 is 14.6 Å². The van der Waals surface area contributed by atoms with Crippen molar-refractivity contribution in [2.24, 2.45) is 7.05 Å². The molecule has 0 spiro atoms. The highest BCUT2D eigenvalue weighted by Crippen LogP contribution is 2.27. The monoisotopic (exact) mass is 441 g/mol. The van der Waals surface area contributed by atoms with Gasteiger partial charge in [0.05, 0.1) is 12.8 Å². The number of H-pyrrole nitrogens is 1. The number of methoxy groups -OCH3 is 1. The molecule has 0 bridgehead atoms. The van der Waals surface area contributed by atoms with Crippen LogP contribution in [-0.4, -0.2) is 32.8 Å². The third kappa shape index (κ3) is 3.49. The largest absolute Gasteiger partial charge is 0.495 e. The van der Waals surface area contributed by atoms with Crippen LogP contribution in [0.25, 0.3) is 11.2 Å². The SMILES string of the molecule is COc1ccc(Cl)cc1NCCCn1c(Br)nc2c1c(=O)[nH]c(=O)n2C. The van der Waals surface area contributed by atoms with Gasteiger partial charge >= 0.3 is 5.69 Å². The summed E-state index contributed by atoms with van der Waals surface area (Å²) in [5.41, 5.74) is 0.560. The quantitative estimate of drug-likeness (QED) is 0.451. The first-order valence-corrected chi connectivity index (χ1v) is 9.02. The maximum absolute atomic E-state index is 12.2. The fourth-order valence-corrected chi connectivity index (χ4v) is 3.39. The molecule has 0 radical (unpaired) electrons. The molecule has 2 N–H and O–H groups in total. The van der Waals surface area contributed by atoms with Crippen molar-refractivity contribution in [3.8, 4) is 5.75 Å². The minimum Gasteiger partial charge on any atom is -0.495 e. The molecule has 26 heavy (non-hydrogen) atoms. The van der Waals surface area contributed by atoms with Gasteiger partial charge in [-0.3, -0.25) is 14.3 Å². The van der Waals surface area contributed by atoms with E-state index in [9.17, 15) is 9.59 Å². The Labute approximate surface area is 161 Å². The second-order valence-corrected chi connectivity index (χ2v) is 6.79. The van der Waals surface area contributed by atoms with Gasteiger partial charge in [0.1, 0.15) is 5.75 Å². The molecule has 3 aromatic rings. The van der Waals surface area contributed by atoms with Crippen LogP contribution in [0, 0.1) is 0 Å². The van der Waals surface area contributed by atoms with E-state index >= 15 is 0 Å². The normalized spacial score (nSPS) is 11.1. The molecular formula is C16H17BrClN5O3. The van der Waals surface area contributed by atoms with Crippen molar-refractivity contribution in [3.63, 3.8) is 0 Å². The molecule has 0 saturated carbocycles. The first-order valence-electron chi connectivity index (χ1n) is 7.85. The Morgan fingerprint density at radius 1 is 1.38 bits per heavy atom. The number of hydrogen-bond donors (Lipinski definition) is 2. The molecule has 0 atom stereocenters. The van der Waals surface area contributed by atoms with E-state index < -0.39 is 11.2 Å². The molecule has 0 aliphatic rings. The molecule has 0 fully saturated rings. The number of nitrogens with zero attached hydrogens (tertiary/aromatic N) is 3. The number of aryl methyl sites for hydroxylation is 2. The van der Waals surface area contributed by atoms with Crippen molar-refractivity contribution in [3.05, 3.63) is 48.8 Å². The van der Waals surface area contributed by atoms with Crippen molar-refractivity contribution < 1.29 is 4.74 Å². The van der Waals surface area contributed by atoms with Gasteiger partial charge in [0, 0.05) is 25.2 Å². The molecule has 0 saturated heterocycles. The predicted octanol–water partition coefficient (Wildman–Crippen LogP) is 2.35. The Hall–Kier alpha value is -2.26. The van der Waals surface area contributed by atoms with Gasteiger partial charge in [0.15, 0.2) is 15.9 Å². The van der Waals surface area contributed by atoms with E-state index in [0.29, 0.717) is 46.2 Å². The van der Waals surface area contributed by atoms with Gasteiger partial charge in [0.2, 0.25) is 0 Å². The Bertz CT molecular complexity index is 1070. The number of ether oxygens (including phenoxy) is 1. The number of nitrogens with one attached hydrogen (secondary N) is 2. The van der Waals surface area contributed by atoms with Crippen LogP contribution in [0.2, 0.25) is 5.02 Å². The summed E-state index contributed by atoms with van der Waals surface area (Å²) in [5, 5.41) is 3.89. The van der Waals surface area contributed by atoms with Crippen molar-refractivity contribution in [2.45, 2.75) is 13.0 Å². The standard InChI is InChI=1S/C16H17BrClN5O3/c1-22-13-12(14(24)21-16(22)25)23(15(17)20-13)7-3-6-19-10-8-9(18)4-5-11(10)26-2/h4-5,8,19H,3,6-7H2,1-2H3,(H,21,24,25). The van der Waals surface area contributed by atoms with E-state index in [1.54, 1.807) is 36.9 Å². The molecule has 0 aliphatic heterocycles. The average Bonchev–Trinajstić information content (AvgIpc) is 2.94. The second kappa shape index (κ2) is 7.55. The zero-order chi connectivity index (χ0) is 18.8. The zero-order valence-corrected chi connectivity index (χ0v) is 16.5. The lowest BCUT2D eigenvalue weighted by atomic mass is 10.3. The number of benzene rings is 1. The summed E-state index contributed by atoms with van der Waals surface area (Å²) >= 11 is 9.38. The van der Waals surface area contributed by atoms with Crippen LogP contribution in [0.1, 0.15) is 6.42 Å². The number of imidazole rings is 1. The third-order valence-corrected chi connectivity index (χ3v) is 4.84. The number of aromatic amines is 1. The van der Waals surface area contributed by atoms with E-state index in [1.807, 2.05) is 0 Å². The molecular weight excluding hydrogens is 426 g/mol. The Morgan fingerprint density at radius 3 is 2.88 bits per heavy atom. The fourth-order valence-electron chi connectivity index (χ4n) is 2.69. The summed E-state index contributed by atoms with van der Waals surface area (Å²) in [6.45, 7) is 1.17. The maximum Gasteiger partial charge on any atom is 0.329 e. The van der Waals surface area contributed by atoms with Crippen LogP contribution in [-0.2, 0) is 13.6 Å². The van der Waals surface area contributed by atoms with Crippen molar-refractivity contribution in [2.75, 3.05) is 19.0 Å². The topological polar surface area (TPSA) is 93.9 Å². The summed E-state index contributed by atoms with van der Waals surface area (Å²) in [5.74, 6) is 0.704. The molecule has 8 nitrogen and oxygen atoms in total. The summed E-state index contributed by atoms with van der Waals surface area (Å²) in [7, 11) is 3.16. The van der Waals surface area contributed by atoms with Crippen molar-refractivity contribution in [1.29, 1.82) is 0 Å². The van der Waals surface area contributed by atoms with Gasteiger partial charge in [-0.2, -0.15) is 0 Å². The van der Waals surface area contributed by atoms with E-state index in [0.717, 1.165) is 5.69 Å². The Balaban J connectivity index is 1.76. The van der Waals surface area contributed by atoms with Gasteiger partial charge in [-0.05, 0) is 40.5 Å². The van der Waals surface area contributed by atoms with Crippen LogP contribution >= 0.6 is 27.5 Å². The van der Waals surface area contributed by atoms with Crippen LogP contribution in [0.3, 0.4) is 0 Å². The molecule has 2 aromatic heterocycles. The van der Waals surface area contributed by atoms with Crippen LogP contribution in [0.15, 0.2) is 32.5 Å². The van der Waals surface area contributed by atoms with Gasteiger partial charge in [-0.25, -0.2) is 9.78 Å². The van der Waals surface area contributed by atoms with Gasteiger partial charge in [-0.15, -0.1) is 0 Å². The summed E-state index contributed by atoms with van der Waals surface area (Å²) in [4.78, 5) is 30.4. The molecule has 2 heterocycles. The number of hydrogen-bond acceptors (Lipinski definition) is 5. The van der Waals surface area contributed by atoms with E-state index in [1.165, 1.54) is 4.57 Å². The highest BCUT2D eigenvalue weighted by molar-refractivity contribution is 9.10. The molecule has 0 amide bonds.